The van der Waals surface area contributed by atoms with Crippen LogP contribution in [0.4, 0.5) is 0 Å². The van der Waals surface area contributed by atoms with Crippen molar-refractivity contribution in [2.75, 3.05) is 5.75 Å². The van der Waals surface area contributed by atoms with Crippen molar-refractivity contribution < 1.29 is 4.79 Å². The highest BCUT2D eigenvalue weighted by atomic mass is 32.2. The lowest BCUT2D eigenvalue weighted by Gasteiger charge is -2.20. The molecule has 0 unspecified atom stereocenters. The van der Waals surface area contributed by atoms with Crippen LogP contribution in [0.15, 0.2) is 53.7 Å². The van der Waals surface area contributed by atoms with Gasteiger partial charge in [-0.2, -0.15) is 0 Å². The van der Waals surface area contributed by atoms with Crippen LogP contribution in [0.3, 0.4) is 0 Å². The summed E-state index contributed by atoms with van der Waals surface area (Å²) in [5, 5.41) is 9.95. The number of hydrogen-bond donors (Lipinski definition) is 0. The van der Waals surface area contributed by atoms with Gasteiger partial charge in [-0.05, 0) is 35.8 Å². The van der Waals surface area contributed by atoms with E-state index in [1.54, 1.807) is 0 Å². The predicted octanol–water partition coefficient (Wildman–Crippen LogP) is 6.90. The molecule has 0 aliphatic heterocycles. The van der Waals surface area contributed by atoms with Crippen molar-refractivity contribution >= 4 is 17.5 Å². The van der Waals surface area contributed by atoms with Crippen LogP contribution < -0.4 is 0 Å². The first-order chi connectivity index (χ1) is 15.4. The van der Waals surface area contributed by atoms with Gasteiger partial charge in [0, 0.05) is 17.2 Å². The second-order valence-electron chi connectivity index (χ2n) is 9.70. The molecule has 4 rings (SSSR count). The first kappa shape index (κ1) is 22.8. The summed E-state index contributed by atoms with van der Waals surface area (Å²) in [6, 6.07) is 17.1. The Balaban J connectivity index is 1.57. The number of nitrogens with zero attached hydrogens (tertiary/aromatic N) is 3. The van der Waals surface area contributed by atoms with Crippen molar-refractivity contribution in [3.8, 4) is 11.4 Å². The number of Topliss-reactive ketones (excluding diaryl/α,β-unsaturated/α-hetero) is 1. The molecular weight excluding hydrogens is 414 g/mol. The van der Waals surface area contributed by atoms with Crippen molar-refractivity contribution in [1.82, 2.24) is 14.8 Å². The molecule has 1 aliphatic carbocycles. The monoisotopic (exact) mass is 447 g/mol. The predicted molar refractivity (Wildman–Crippen MR) is 133 cm³/mol. The van der Waals surface area contributed by atoms with Crippen LogP contribution in [0.5, 0.6) is 0 Å². The summed E-state index contributed by atoms with van der Waals surface area (Å²) >= 11 is 1.51. The number of carbonyl (C=O) groups is 1. The van der Waals surface area contributed by atoms with E-state index in [0.29, 0.717) is 11.8 Å². The SMILES string of the molecule is CCc1ccc(C(=O)CSc2nnc(-c3ccc(C(C)(C)C)cc3)n2C2CCCC2)cc1. The average molecular weight is 448 g/mol. The van der Waals surface area contributed by atoms with Crippen LogP contribution in [0.1, 0.15) is 80.9 Å². The van der Waals surface area contributed by atoms with Crippen molar-refractivity contribution in [1.29, 1.82) is 0 Å². The lowest BCUT2D eigenvalue weighted by molar-refractivity contribution is 0.102. The number of thioether (sulfide) groups is 1. The maximum Gasteiger partial charge on any atom is 0.192 e. The van der Waals surface area contributed by atoms with Crippen LogP contribution in [0, 0.1) is 0 Å². The Labute approximate surface area is 195 Å². The minimum Gasteiger partial charge on any atom is -0.299 e. The van der Waals surface area contributed by atoms with E-state index < -0.39 is 0 Å². The number of aromatic nitrogens is 3. The van der Waals surface area contributed by atoms with Crippen LogP contribution >= 0.6 is 11.8 Å². The molecule has 0 amide bonds. The summed E-state index contributed by atoms with van der Waals surface area (Å²) in [5.74, 6) is 1.42. The molecule has 0 atom stereocenters. The van der Waals surface area contributed by atoms with Gasteiger partial charge in [0.15, 0.2) is 16.8 Å². The highest BCUT2D eigenvalue weighted by Crippen LogP contribution is 2.37. The van der Waals surface area contributed by atoms with Crippen LogP contribution in [0.25, 0.3) is 11.4 Å². The first-order valence-electron chi connectivity index (χ1n) is 11.7. The Morgan fingerprint density at radius 2 is 1.66 bits per heavy atom. The van der Waals surface area contributed by atoms with Gasteiger partial charge >= 0.3 is 0 Å². The molecule has 1 saturated carbocycles. The molecule has 3 aromatic rings. The van der Waals surface area contributed by atoms with E-state index in [9.17, 15) is 4.79 Å². The lowest BCUT2D eigenvalue weighted by atomic mass is 9.86. The fourth-order valence-electron chi connectivity index (χ4n) is 4.32. The molecule has 0 N–H and O–H groups in total. The zero-order chi connectivity index (χ0) is 22.7. The van der Waals surface area contributed by atoms with Gasteiger partial charge in [-0.15, -0.1) is 10.2 Å². The molecule has 1 heterocycles. The quantitative estimate of drug-likeness (QED) is 0.292. The molecule has 5 heteroatoms. The zero-order valence-electron chi connectivity index (χ0n) is 19.6. The summed E-state index contributed by atoms with van der Waals surface area (Å²) in [7, 11) is 0. The second-order valence-corrected chi connectivity index (χ2v) is 10.6. The van der Waals surface area contributed by atoms with Gasteiger partial charge in [-0.1, -0.05) is 101 Å². The van der Waals surface area contributed by atoms with Crippen molar-refractivity contribution in [3.05, 3.63) is 65.2 Å². The van der Waals surface area contributed by atoms with E-state index in [-0.39, 0.29) is 11.2 Å². The first-order valence-corrected chi connectivity index (χ1v) is 12.7. The molecule has 168 valence electrons. The summed E-state index contributed by atoms with van der Waals surface area (Å²) in [6.45, 7) is 8.80. The maximum absolute atomic E-state index is 12.8. The third-order valence-corrected chi connectivity index (χ3v) is 7.32. The minimum absolute atomic E-state index is 0.119. The number of aryl methyl sites for hydroxylation is 1. The van der Waals surface area contributed by atoms with Gasteiger partial charge < -0.3 is 0 Å². The number of rotatable bonds is 7. The van der Waals surface area contributed by atoms with E-state index in [1.807, 2.05) is 24.3 Å². The Morgan fingerprint density at radius 1 is 1.00 bits per heavy atom. The van der Waals surface area contributed by atoms with Crippen LogP contribution in [-0.2, 0) is 11.8 Å². The second kappa shape index (κ2) is 9.62. The molecule has 0 bridgehead atoms. The summed E-state index contributed by atoms with van der Waals surface area (Å²) in [5.41, 5.74) is 4.53. The molecule has 1 fully saturated rings. The van der Waals surface area contributed by atoms with E-state index in [0.717, 1.165) is 41.4 Å². The number of hydrogen-bond acceptors (Lipinski definition) is 4. The van der Waals surface area contributed by atoms with Crippen molar-refractivity contribution in [2.24, 2.45) is 0 Å². The number of carbonyl (C=O) groups excluding carboxylic acids is 1. The van der Waals surface area contributed by atoms with E-state index in [2.05, 4.69) is 66.7 Å². The topological polar surface area (TPSA) is 47.8 Å². The Bertz CT molecular complexity index is 1060. The molecule has 1 aromatic heterocycles. The molecule has 4 nitrogen and oxygen atoms in total. The lowest BCUT2D eigenvalue weighted by Crippen LogP contribution is -2.11. The Kier molecular flexibility index (Phi) is 6.85. The third-order valence-electron chi connectivity index (χ3n) is 6.38. The standard InChI is InChI=1S/C27H33N3OS/c1-5-19-10-12-20(13-11-19)24(31)18-32-26-29-28-25(30(26)23-8-6-7-9-23)21-14-16-22(17-15-21)27(2,3)4/h10-17,23H,5-9,18H2,1-4H3. The van der Waals surface area contributed by atoms with Gasteiger partial charge in [0.2, 0.25) is 0 Å². The normalized spacial score (nSPS) is 14.8. The molecule has 1 aliphatic rings. The number of ketones is 1. The summed E-state index contributed by atoms with van der Waals surface area (Å²) in [4.78, 5) is 12.8. The molecule has 0 spiro atoms. The Hall–Kier alpha value is -2.40. The summed E-state index contributed by atoms with van der Waals surface area (Å²) < 4.78 is 2.29. The van der Waals surface area contributed by atoms with Crippen LogP contribution in [0.2, 0.25) is 0 Å². The minimum atomic E-state index is 0.119. The molecular formula is C27H33N3OS. The summed E-state index contributed by atoms with van der Waals surface area (Å²) in [6.07, 6.45) is 5.74. The van der Waals surface area contributed by atoms with Gasteiger partial charge in [0.25, 0.3) is 0 Å². The molecule has 0 saturated heterocycles. The van der Waals surface area contributed by atoms with Gasteiger partial charge in [-0.25, -0.2) is 0 Å². The Morgan fingerprint density at radius 3 is 2.25 bits per heavy atom. The molecule has 0 radical (unpaired) electrons. The highest BCUT2D eigenvalue weighted by Gasteiger charge is 2.25. The third kappa shape index (κ3) is 4.98. The average Bonchev–Trinajstić information content (AvgIpc) is 3.46. The molecule has 32 heavy (non-hydrogen) atoms. The fourth-order valence-corrected chi connectivity index (χ4v) is 5.22. The zero-order valence-corrected chi connectivity index (χ0v) is 20.4. The largest absolute Gasteiger partial charge is 0.299 e. The van der Waals surface area contributed by atoms with E-state index in [1.165, 1.54) is 35.7 Å². The maximum atomic E-state index is 12.8. The van der Waals surface area contributed by atoms with E-state index >= 15 is 0 Å². The van der Waals surface area contributed by atoms with Crippen LogP contribution in [-0.4, -0.2) is 26.3 Å². The van der Waals surface area contributed by atoms with Crippen molar-refractivity contribution in [3.63, 3.8) is 0 Å². The number of benzene rings is 2. The van der Waals surface area contributed by atoms with E-state index in [4.69, 9.17) is 0 Å². The fraction of sp³-hybridized carbons (Fsp3) is 0.444. The van der Waals surface area contributed by atoms with Gasteiger partial charge in [0.05, 0.1) is 5.75 Å². The smallest absolute Gasteiger partial charge is 0.192 e. The van der Waals surface area contributed by atoms with Gasteiger partial charge in [0.1, 0.15) is 0 Å². The molecule has 2 aromatic carbocycles. The van der Waals surface area contributed by atoms with Crippen molar-refractivity contribution in [2.45, 2.75) is 76.4 Å². The highest BCUT2D eigenvalue weighted by molar-refractivity contribution is 7.99. The van der Waals surface area contributed by atoms with Gasteiger partial charge in [-0.3, -0.25) is 9.36 Å².